The Kier molecular flexibility index (Phi) is 6.20. The summed E-state index contributed by atoms with van der Waals surface area (Å²) in [5, 5.41) is 12.0. The molecule has 0 aliphatic rings. The predicted octanol–water partition coefficient (Wildman–Crippen LogP) is 4.30. The lowest BCUT2D eigenvalue weighted by molar-refractivity contribution is 0.305. The molecule has 0 spiro atoms. The van der Waals surface area contributed by atoms with Gasteiger partial charge < -0.3 is 15.3 Å². The van der Waals surface area contributed by atoms with Crippen LogP contribution in [0.5, 0.6) is 11.5 Å². The van der Waals surface area contributed by atoms with Gasteiger partial charge in [0.25, 0.3) is 0 Å². The lowest BCUT2D eigenvalue weighted by Gasteiger charge is -2.07. The van der Waals surface area contributed by atoms with Crippen LogP contribution in [0.4, 0.5) is 0 Å². The van der Waals surface area contributed by atoms with Gasteiger partial charge in [0.1, 0.15) is 23.1 Å². The number of rotatable bonds is 8. The van der Waals surface area contributed by atoms with E-state index >= 15 is 0 Å². The summed E-state index contributed by atoms with van der Waals surface area (Å²) in [5.41, 5.74) is 2.96. The molecule has 2 heterocycles. The van der Waals surface area contributed by atoms with E-state index in [4.69, 9.17) is 15.3 Å². The molecule has 4 rings (SSSR count). The molecule has 0 atom stereocenters. The zero-order valence-corrected chi connectivity index (χ0v) is 18.2. The zero-order chi connectivity index (χ0) is 20.9. The van der Waals surface area contributed by atoms with Crippen molar-refractivity contribution in [1.82, 2.24) is 19.9 Å². The second kappa shape index (κ2) is 9.19. The Morgan fingerprint density at radius 1 is 1.10 bits per heavy atom. The van der Waals surface area contributed by atoms with Gasteiger partial charge in [0.05, 0.1) is 18.4 Å². The minimum atomic E-state index is 0.448. The molecule has 7 nitrogen and oxygen atoms in total. The number of ether oxygens (including phenoxy) is 2. The highest BCUT2D eigenvalue weighted by Gasteiger charge is 2.16. The minimum absolute atomic E-state index is 0.448. The van der Waals surface area contributed by atoms with E-state index in [0.29, 0.717) is 29.1 Å². The Labute approximate surface area is 182 Å². The number of para-hydroxylation sites is 1. The summed E-state index contributed by atoms with van der Waals surface area (Å²) in [5.74, 6) is 8.97. The highest BCUT2D eigenvalue weighted by atomic mass is 32.2. The number of nitrogens with zero attached hydrogens (tertiary/aromatic N) is 4. The van der Waals surface area contributed by atoms with Crippen molar-refractivity contribution in [2.24, 2.45) is 0 Å². The number of nitrogen functional groups attached to an aromatic ring is 1. The van der Waals surface area contributed by atoms with Crippen molar-refractivity contribution in [2.75, 3.05) is 13.0 Å². The van der Waals surface area contributed by atoms with Crippen LogP contribution in [0, 0.1) is 6.92 Å². The van der Waals surface area contributed by atoms with E-state index in [2.05, 4.69) is 22.1 Å². The average Bonchev–Trinajstić information content (AvgIpc) is 3.38. The van der Waals surface area contributed by atoms with Crippen molar-refractivity contribution >= 4 is 23.1 Å². The first kappa shape index (κ1) is 20.2. The summed E-state index contributed by atoms with van der Waals surface area (Å²) >= 11 is 3.06. The van der Waals surface area contributed by atoms with Crippen molar-refractivity contribution in [2.45, 2.75) is 24.4 Å². The molecule has 0 bridgehead atoms. The number of hydrogen-bond donors (Lipinski definition) is 1. The van der Waals surface area contributed by atoms with Crippen LogP contribution in [-0.2, 0) is 12.4 Å². The van der Waals surface area contributed by atoms with Gasteiger partial charge in [-0.05, 0) is 31.2 Å². The van der Waals surface area contributed by atoms with Crippen molar-refractivity contribution < 1.29 is 9.47 Å². The first-order chi connectivity index (χ1) is 14.6. The van der Waals surface area contributed by atoms with Crippen LogP contribution in [0.1, 0.15) is 16.3 Å². The Balaban J connectivity index is 1.37. The number of hydrogen-bond acceptors (Lipinski definition) is 8. The third-order valence-electron chi connectivity index (χ3n) is 4.34. The summed E-state index contributed by atoms with van der Waals surface area (Å²) in [7, 11) is 1.62. The largest absolute Gasteiger partial charge is 0.496 e. The van der Waals surface area contributed by atoms with E-state index in [9.17, 15) is 0 Å². The third-order valence-corrected chi connectivity index (χ3v) is 6.19. The molecule has 154 valence electrons. The fourth-order valence-corrected chi connectivity index (χ4v) is 4.35. The molecule has 30 heavy (non-hydrogen) atoms. The normalized spacial score (nSPS) is 10.9. The van der Waals surface area contributed by atoms with Crippen LogP contribution in [-0.4, -0.2) is 27.0 Å². The topological polar surface area (TPSA) is 88.1 Å². The highest BCUT2D eigenvalue weighted by Crippen LogP contribution is 2.30. The van der Waals surface area contributed by atoms with Crippen molar-refractivity contribution in [3.8, 4) is 22.9 Å². The van der Waals surface area contributed by atoms with Gasteiger partial charge in [0.2, 0.25) is 5.16 Å². The minimum Gasteiger partial charge on any atom is -0.496 e. The van der Waals surface area contributed by atoms with Crippen molar-refractivity contribution in [1.29, 1.82) is 0 Å². The summed E-state index contributed by atoms with van der Waals surface area (Å²) < 4.78 is 12.7. The number of nitrogens with two attached hydrogens (primary N) is 1. The molecular formula is C21H21N5O2S2. The van der Waals surface area contributed by atoms with Gasteiger partial charge >= 0.3 is 0 Å². The summed E-state index contributed by atoms with van der Waals surface area (Å²) in [6.45, 7) is 2.50. The fourth-order valence-electron chi connectivity index (χ4n) is 2.79. The fraction of sp³-hybridized carbons (Fsp3) is 0.190. The molecule has 0 aliphatic heterocycles. The molecule has 0 saturated carbocycles. The maximum absolute atomic E-state index is 6.23. The lowest BCUT2D eigenvalue weighted by Crippen LogP contribution is -2.12. The van der Waals surface area contributed by atoms with Crippen LogP contribution in [0.2, 0.25) is 0 Å². The Morgan fingerprint density at radius 2 is 1.90 bits per heavy atom. The Bertz CT molecular complexity index is 1120. The van der Waals surface area contributed by atoms with E-state index in [1.54, 1.807) is 18.4 Å². The monoisotopic (exact) mass is 439 g/mol. The van der Waals surface area contributed by atoms with Gasteiger partial charge in [0, 0.05) is 11.1 Å². The maximum atomic E-state index is 6.23. The van der Waals surface area contributed by atoms with E-state index in [0.717, 1.165) is 22.0 Å². The van der Waals surface area contributed by atoms with E-state index in [1.165, 1.54) is 22.0 Å². The molecule has 4 aromatic rings. The third kappa shape index (κ3) is 4.58. The zero-order valence-electron chi connectivity index (χ0n) is 16.6. The van der Waals surface area contributed by atoms with E-state index in [1.807, 2.05) is 53.9 Å². The number of aromatic nitrogens is 4. The average molecular weight is 440 g/mol. The van der Waals surface area contributed by atoms with Gasteiger partial charge in [-0.1, -0.05) is 41.6 Å². The van der Waals surface area contributed by atoms with Gasteiger partial charge in [-0.3, -0.25) is 0 Å². The number of aryl methyl sites for hydroxylation is 1. The van der Waals surface area contributed by atoms with Gasteiger partial charge in [0.15, 0.2) is 5.82 Å². The van der Waals surface area contributed by atoms with Gasteiger partial charge in [-0.2, -0.15) is 0 Å². The molecule has 0 aliphatic carbocycles. The first-order valence-electron chi connectivity index (χ1n) is 9.23. The maximum Gasteiger partial charge on any atom is 0.210 e. The molecule has 0 unspecified atom stereocenters. The van der Waals surface area contributed by atoms with Crippen LogP contribution >= 0.6 is 23.1 Å². The van der Waals surface area contributed by atoms with Gasteiger partial charge in [-0.25, -0.2) is 9.66 Å². The molecule has 0 radical (unpaired) electrons. The van der Waals surface area contributed by atoms with Crippen LogP contribution in [0.25, 0.3) is 11.4 Å². The molecule has 0 amide bonds. The van der Waals surface area contributed by atoms with E-state index < -0.39 is 0 Å². The molecule has 2 aromatic heterocycles. The van der Waals surface area contributed by atoms with Crippen LogP contribution in [0.15, 0.2) is 59.1 Å². The summed E-state index contributed by atoms with van der Waals surface area (Å²) in [6.07, 6.45) is 0. The molecular weight excluding hydrogens is 418 g/mol. The number of thioether (sulfide) groups is 1. The highest BCUT2D eigenvalue weighted by molar-refractivity contribution is 7.98. The first-order valence-corrected chi connectivity index (χ1v) is 11.1. The number of benzene rings is 2. The SMILES string of the molecule is COc1ccccc1-c1nnc(SCc2csc(COc3ccc(C)cc3)n2)n1N. The molecule has 9 heteroatoms. The van der Waals surface area contributed by atoms with Crippen LogP contribution < -0.4 is 15.3 Å². The molecule has 0 fully saturated rings. The van der Waals surface area contributed by atoms with Gasteiger partial charge in [-0.15, -0.1) is 21.5 Å². The number of thiazole rings is 1. The Hall–Kier alpha value is -3.04. The molecule has 2 aromatic carbocycles. The standard InChI is InChI=1S/C21H21N5O2S2/c1-14-7-9-16(10-8-14)28-11-19-23-15(12-29-19)13-30-21-25-24-20(26(21)22)17-5-3-4-6-18(17)27-2/h3-10,12H,11,13,22H2,1-2H3. The number of methoxy groups -OCH3 is 1. The van der Waals surface area contributed by atoms with Crippen LogP contribution in [0.3, 0.4) is 0 Å². The molecule has 0 saturated heterocycles. The summed E-state index contributed by atoms with van der Waals surface area (Å²) in [4.78, 5) is 4.63. The second-order valence-electron chi connectivity index (χ2n) is 6.50. The van der Waals surface area contributed by atoms with Crippen molar-refractivity contribution in [3.05, 3.63) is 70.2 Å². The summed E-state index contributed by atoms with van der Waals surface area (Å²) in [6, 6.07) is 15.6. The predicted molar refractivity (Wildman–Crippen MR) is 119 cm³/mol. The van der Waals surface area contributed by atoms with E-state index in [-0.39, 0.29) is 0 Å². The molecule has 2 N–H and O–H groups in total. The Morgan fingerprint density at radius 3 is 2.70 bits per heavy atom. The quantitative estimate of drug-likeness (QED) is 0.323. The lowest BCUT2D eigenvalue weighted by atomic mass is 10.2. The second-order valence-corrected chi connectivity index (χ2v) is 8.38. The van der Waals surface area contributed by atoms with Crippen molar-refractivity contribution in [3.63, 3.8) is 0 Å². The smallest absolute Gasteiger partial charge is 0.210 e.